The van der Waals surface area contributed by atoms with Crippen LogP contribution < -0.4 is 9.47 Å². The van der Waals surface area contributed by atoms with Crippen molar-refractivity contribution in [3.05, 3.63) is 23.8 Å². The zero-order valence-electron chi connectivity index (χ0n) is 17.7. The minimum atomic E-state index is -0.269. The van der Waals surface area contributed by atoms with Crippen LogP contribution in [-0.4, -0.2) is 57.0 Å². The number of rotatable bonds is 8. The maximum atomic E-state index is 12.6. The van der Waals surface area contributed by atoms with E-state index in [1.165, 1.54) is 49.7 Å². The zero-order chi connectivity index (χ0) is 20.0. The lowest BCUT2D eigenvalue weighted by atomic mass is 9.82. The number of esters is 1. The summed E-state index contributed by atoms with van der Waals surface area (Å²) in [5.41, 5.74) is 0.524. The first-order valence-electron chi connectivity index (χ1n) is 10.9. The number of unbranched alkanes of at least 4 members (excludes halogenated alkanes) is 1. The summed E-state index contributed by atoms with van der Waals surface area (Å²) in [6.45, 7) is 5.84. The second kappa shape index (κ2) is 9.64. The lowest BCUT2D eigenvalue weighted by molar-refractivity contribution is -0.947. The number of quaternary nitrogens is 1. The topological polar surface area (TPSA) is 44.8 Å². The first-order valence-corrected chi connectivity index (χ1v) is 10.9. The standard InChI is InChI=1S/C23H36NO4/c1-4-5-15-27-21-12-11-18(16-22(21)26-3)23(25)28-17-19-9-8-14-24(2)13-7-6-10-20(19)24/h11-12,16,19-20H,4-10,13-15,17H2,1-3H3/q+1/t19-,20-,24+/m1/s1. The average Bonchev–Trinajstić information content (AvgIpc) is 2.71. The summed E-state index contributed by atoms with van der Waals surface area (Å²) < 4.78 is 18.1. The normalized spacial score (nSPS) is 27.0. The summed E-state index contributed by atoms with van der Waals surface area (Å²) in [5.74, 6) is 1.46. The van der Waals surface area contributed by atoms with Crippen molar-refractivity contribution < 1.29 is 23.5 Å². The fraction of sp³-hybridized carbons (Fsp3) is 0.696. The summed E-state index contributed by atoms with van der Waals surface area (Å²) in [4.78, 5) is 12.6. The molecule has 5 nitrogen and oxygen atoms in total. The molecule has 2 saturated heterocycles. The molecule has 3 rings (SSSR count). The lowest BCUT2D eigenvalue weighted by Crippen LogP contribution is -2.61. The second-order valence-corrected chi connectivity index (χ2v) is 8.56. The number of hydrogen-bond acceptors (Lipinski definition) is 4. The van der Waals surface area contributed by atoms with Crippen LogP contribution in [0.4, 0.5) is 0 Å². The molecular weight excluding hydrogens is 354 g/mol. The first kappa shape index (κ1) is 21.0. The molecule has 0 radical (unpaired) electrons. The van der Waals surface area contributed by atoms with Gasteiger partial charge in [-0.2, -0.15) is 0 Å². The molecule has 2 fully saturated rings. The van der Waals surface area contributed by atoms with Crippen LogP contribution in [0.1, 0.15) is 62.2 Å². The lowest BCUT2D eigenvalue weighted by Gasteiger charge is -2.51. The second-order valence-electron chi connectivity index (χ2n) is 8.56. The number of carbonyl (C=O) groups is 1. The molecule has 0 saturated carbocycles. The van der Waals surface area contributed by atoms with Crippen LogP contribution in [0.5, 0.6) is 11.5 Å². The molecule has 0 aromatic heterocycles. The monoisotopic (exact) mass is 390 g/mol. The minimum Gasteiger partial charge on any atom is -0.493 e. The first-order chi connectivity index (χ1) is 13.6. The molecular formula is C23H36NO4+. The molecule has 3 atom stereocenters. The third kappa shape index (κ3) is 4.80. The van der Waals surface area contributed by atoms with E-state index in [1.54, 1.807) is 25.3 Å². The van der Waals surface area contributed by atoms with Crippen molar-refractivity contribution in [1.82, 2.24) is 0 Å². The van der Waals surface area contributed by atoms with Gasteiger partial charge in [-0.05, 0) is 50.3 Å². The van der Waals surface area contributed by atoms with E-state index in [9.17, 15) is 4.79 Å². The minimum absolute atomic E-state index is 0.269. The van der Waals surface area contributed by atoms with Gasteiger partial charge in [-0.3, -0.25) is 0 Å². The Kier molecular flexibility index (Phi) is 7.22. The SMILES string of the molecule is CCCCOc1ccc(C(=O)OC[C@H]2CCC[N@+]3(C)CCCC[C@H]23)cc1OC. The Bertz CT molecular complexity index is 658. The third-order valence-corrected chi connectivity index (χ3v) is 6.59. The Balaban J connectivity index is 1.59. The highest BCUT2D eigenvalue weighted by Crippen LogP contribution is 2.36. The van der Waals surface area contributed by atoms with E-state index in [-0.39, 0.29) is 5.97 Å². The highest BCUT2D eigenvalue weighted by Gasteiger charge is 2.43. The molecule has 0 amide bonds. The van der Waals surface area contributed by atoms with E-state index >= 15 is 0 Å². The van der Waals surface area contributed by atoms with Gasteiger partial charge in [0.2, 0.25) is 0 Å². The molecule has 0 aliphatic carbocycles. The summed E-state index contributed by atoms with van der Waals surface area (Å²) in [7, 11) is 3.99. The summed E-state index contributed by atoms with van der Waals surface area (Å²) in [6, 6.07) is 5.94. The van der Waals surface area contributed by atoms with Crippen LogP contribution in [0.3, 0.4) is 0 Å². The third-order valence-electron chi connectivity index (χ3n) is 6.59. The average molecular weight is 391 g/mol. The molecule has 5 heteroatoms. The molecule has 2 aliphatic heterocycles. The van der Waals surface area contributed by atoms with E-state index in [2.05, 4.69) is 14.0 Å². The molecule has 0 spiro atoms. The maximum absolute atomic E-state index is 12.6. The van der Waals surface area contributed by atoms with Crippen LogP contribution >= 0.6 is 0 Å². The van der Waals surface area contributed by atoms with E-state index in [4.69, 9.17) is 14.2 Å². The number of benzene rings is 1. The molecule has 0 unspecified atom stereocenters. The predicted octanol–water partition coefficient (Wildman–Crippen LogP) is 4.44. The van der Waals surface area contributed by atoms with Crippen molar-refractivity contribution in [2.75, 3.05) is 40.5 Å². The largest absolute Gasteiger partial charge is 0.493 e. The van der Waals surface area contributed by atoms with E-state index in [0.717, 1.165) is 12.8 Å². The Morgan fingerprint density at radius 2 is 1.96 bits per heavy atom. The van der Waals surface area contributed by atoms with Gasteiger partial charge in [-0.25, -0.2) is 4.79 Å². The van der Waals surface area contributed by atoms with Gasteiger partial charge in [0.25, 0.3) is 0 Å². The molecule has 0 bridgehead atoms. The molecule has 2 aliphatic rings. The number of fused-ring (bicyclic) bond motifs is 1. The molecule has 156 valence electrons. The van der Waals surface area contributed by atoms with Gasteiger partial charge < -0.3 is 18.7 Å². The fourth-order valence-corrected chi connectivity index (χ4v) is 4.93. The van der Waals surface area contributed by atoms with Crippen LogP contribution in [0, 0.1) is 5.92 Å². The van der Waals surface area contributed by atoms with Gasteiger partial charge in [-0.1, -0.05) is 13.3 Å². The van der Waals surface area contributed by atoms with Crippen LogP contribution in [0.15, 0.2) is 18.2 Å². The smallest absolute Gasteiger partial charge is 0.338 e. The Morgan fingerprint density at radius 1 is 1.14 bits per heavy atom. The van der Waals surface area contributed by atoms with Crippen molar-refractivity contribution in [1.29, 1.82) is 0 Å². The summed E-state index contributed by atoms with van der Waals surface area (Å²) in [6.07, 6.45) is 8.35. The van der Waals surface area contributed by atoms with Gasteiger partial charge in [0.1, 0.15) is 6.61 Å². The van der Waals surface area contributed by atoms with Gasteiger partial charge in [0.15, 0.2) is 11.5 Å². The van der Waals surface area contributed by atoms with Crippen molar-refractivity contribution >= 4 is 5.97 Å². The Labute approximate surface area is 169 Å². The summed E-state index contributed by atoms with van der Waals surface area (Å²) >= 11 is 0. The molecule has 0 N–H and O–H groups in total. The van der Waals surface area contributed by atoms with Crippen LogP contribution in [-0.2, 0) is 4.74 Å². The van der Waals surface area contributed by atoms with Gasteiger partial charge in [-0.15, -0.1) is 0 Å². The zero-order valence-corrected chi connectivity index (χ0v) is 17.7. The predicted molar refractivity (Wildman–Crippen MR) is 110 cm³/mol. The number of methoxy groups -OCH3 is 1. The fourth-order valence-electron chi connectivity index (χ4n) is 4.93. The molecule has 1 aromatic rings. The highest BCUT2D eigenvalue weighted by molar-refractivity contribution is 5.90. The van der Waals surface area contributed by atoms with Gasteiger partial charge in [0, 0.05) is 12.3 Å². The van der Waals surface area contributed by atoms with Crippen molar-refractivity contribution in [2.45, 2.75) is 57.9 Å². The number of nitrogens with zero attached hydrogens (tertiary/aromatic N) is 1. The van der Waals surface area contributed by atoms with Crippen molar-refractivity contribution in [2.24, 2.45) is 5.92 Å². The number of ether oxygens (including phenoxy) is 3. The highest BCUT2D eigenvalue weighted by atomic mass is 16.5. The Morgan fingerprint density at radius 3 is 2.75 bits per heavy atom. The molecule has 2 heterocycles. The quantitative estimate of drug-likeness (QED) is 0.374. The number of carbonyl (C=O) groups excluding carboxylic acids is 1. The van der Waals surface area contributed by atoms with Crippen LogP contribution in [0.2, 0.25) is 0 Å². The summed E-state index contributed by atoms with van der Waals surface area (Å²) in [5, 5.41) is 0. The van der Waals surface area contributed by atoms with E-state index < -0.39 is 0 Å². The maximum Gasteiger partial charge on any atom is 0.338 e. The van der Waals surface area contributed by atoms with Crippen molar-refractivity contribution in [3.8, 4) is 11.5 Å². The molecule has 28 heavy (non-hydrogen) atoms. The van der Waals surface area contributed by atoms with E-state index in [1.807, 2.05) is 0 Å². The number of piperidine rings is 2. The van der Waals surface area contributed by atoms with Gasteiger partial charge >= 0.3 is 5.97 Å². The number of hydrogen-bond donors (Lipinski definition) is 0. The molecule has 1 aromatic carbocycles. The van der Waals surface area contributed by atoms with E-state index in [0.29, 0.717) is 42.2 Å². The Hall–Kier alpha value is -1.75. The van der Waals surface area contributed by atoms with Crippen LogP contribution in [0.25, 0.3) is 0 Å². The van der Waals surface area contributed by atoms with Gasteiger partial charge in [0.05, 0.1) is 45.5 Å². The van der Waals surface area contributed by atoms with Crippen molar-refractivity contribution in [3.63, 3.8) is 0 Å².